The van der Waals surface area contributed by atoms with Crippen LogP contribution >= 0.6 is 11.6 Å². The Labute approximate surface area is 141 Å². The van der Waals surface area contributed by atoms with E-state index in [1.807, 2.05) is 36.5 Å². The van der Waals surface area contributed by atoms with Gasteiger partial charge in [-0.05, 0) is 43.0 Å². The number of rotatable bonds is 5. The third-order valence-electron chi connectivity index (χ3n) is 4.05. The lowest BCUT2D eigenvalue weighted by Gasteiger charge is -2.17. The number of anilines is 1. The number of amides is 1. The summed E-state index contributed by atoms with van der Waals surface area (Å²) in [6.45, 7) is 2.66. The number of nitrogens with zero attached hydrogens (tertiary/aromatic N) is 2. The molecule has 120 valence electrons. The standard InChI is InChI=1S/C18H20ClN3O/c19-16-5-3-4-14(10-16)6-7-21-18(23)15-11-17(13-20-12-15)22-8-1-2-9-22/h3-5,10-13H,1-2,6-9H2,(H,21,23). The first-order valence-electron chi connectivity index (χ1n) is 7.95. The summed E-state index contributed by atoms with van der Waals surface area (Å²) >= 11 is 5.96. The first-order valence-corrected chi connectivity index (χ1v) is 8.33. The lowest BCUT2D eigenvalue weighted by atomic mass is 10.1. The van der Waals surface area contributed by atoms with Gasteiger partial charge in [0.1, 0.15) is 0 Å². The van der Waals surface area contributed by atoms with Crippen molar-refractivity contribution in [2.45, 2.75) is 19.3 Å². The quantitative estimate of drug-likeness (QED) is 0.915. The minimum atomic E-state index is -0.0828. The Morgan fingerprint density at radius 2 is 2.04 bits per heavy atom. The van der Waals surface area contributed by atoms with Crippen LogP contribution < -0.4 is 10.2 Å². The van der Waals surface area contributed by atoms with Crippen LogP contribution in [0.5, 0.6) is 0 Å². The van der Waals surface area contributed by atoms with Crippen LogP contribution in [0.25, 0.3) is 0 Å². The van der Waals surface area contributed by atoms with E-state index in [2.05, 4.69) is 15.2 Å². The summed E-state index contributed by atoms with van der Waals surface area (Å²) in [5.41, 5.74) is 2.76. The third-order valence-corrected chi connectivity index (χ3v) is 4.28. The Morgan fingerprint density at radius 3 is 2.83 bits per heavy atom. The SMILES string of the molecule is O=C(NCCc1cccc(Cl)c1)c1cncc(N2CCCC2)c1. The van der Waals surface area contributed by atoms with E-state index in [9.17, 15) is 4.79 Å². The summed E-state index contributed by atoms with van der Waals surface area (Å²) in [6, 6.07) is 9.62. The summed E-state index contributed by atoms with van der Waals surface area (Å²) in [5.74, 6) is -0.0828. The highest BCUT2D eigenvalue weighted by atomic mass is 35.5. The average Bonchev–Trinajstić information content (AvgIpc) is 3.09. The van der Waals surface area contributed by atoms with Crippen LogP contribution in [0.4, 0.5) is 5.69 Å². The summed E-state index contributed by atoms with van der Waals surface area (Å²) < 4.78 is 0. The second-order valence-corrected chi connectivity index (χ2v) is 6.20. The molecule has 1 aliphatic rings. The molecule has 0 atom stereocenters. The fourth-order valence-electron chi connectivity index (χ4n) is 2.82. The molecule has 4 nitrogen and oxygen atoms in total. The van der Waals surface area contributed by atoms with Crippen molar-refractivity contribution in [1.82, 2.24) is 10.3 Å². The molecule has 2 aromatic rings. The monoisotopic (exact) mass is 329 g/mol. The number of benzene rings is 1. The maximum Gasteiger partial charge on any atom is 0.252 e. The van der Waals surface area contributed by atoms with Crippen molar-refractivity contribution in [3.63, 3.8) is 0 Å². The normalized spacial score (nSPS) is 14.0. The second-order valence-electron chi connectivity index (χ2n) is 5.76. The van der Waals surface area contributed by atoms with Gasteiger partial charge < -0.3 is 10.2 Å². The summed E-state index contributed by atoms with van der Waals surface area (Å²) in [5, 5.41) is 3.66. The molecule has 1 aromatic carbocycles. The van der Waals surface area contributed by atoms with Gasteiger partial charge in [0, 0.05) is 30.9 Å². The van der Waals surface area contributed by atoms with Crippen LogP contribution in [0.1, 0.15) is 28.8 Å². The first kappa shape index (κ1) is 15.8. The number of aromatic nitrogens is 1. The van der Waals surface area contributed by atoms with Crippen molar-refractivity contribution >= 4 is 23.2 Å². The van der Waals surface area contributed by atoms with E-state index in [1.54, 1.807) is 6.20 Å². The molecule has 1 N–H and O–H groups in total. The van der Waals surface area contributed by atoms with Crippen molar-refractivity contribution in [2.24, 2.45) is 0 Å². The molecule has 0 saturated carbocycles. The minimum Gasteiger partial charge on any atom is -0.370 e. The predicted molar refractivity (Wildman–Crippen MR) is 93.2 cm³/mol. The summed E-state index contributed by atoms with van der Waals surface area (Å²) in [6.07, 6.45) is 6.61. The van der Waals surface area contributed by atoms with E-state index in [4.69, 9.17) is 11.6 Å². The fraction of sp³-hybridized carbons (Fsp3) is 0.333. The van der Waals surface area contributed by atoms with Crippen LogP contribution in [-0.4, -0.2) is 30.5 Å². The number of carbonyl (C=O) groups excluding carboxylic acids is 1. The van der Waals surface area contributed by atoms with Gasteiger partial charge in [-0.2, -0.15) is 0 Å². The molecule has 1 amide bonds. The lowest BCUT2D eigenvalue weighted by molar-refractivity contribution is 0.0954. The summed E-state index contributed by atoms with van der Waals surface area (Å²) in [7, 11) is 0. The van der Waals surface area contributed by atoms with Gasteiger partial charge in [0.2, 0.25) is 0 Å². The number of hydrogen-bond donors (Lipinski definition) is 1. The van der Waals surface area contributed by atoms with Crippen molar-refractivity contribution in [3.05, 3.63) is 58.9 Å². The van der Waals surface area contributed by atoms with Crippen LogP contribution in [0.3, 0.4) is 0 Å². The molecule has 0 spiro atoms. The Hall–Kier alpha value is -2.07. The number of nitrogens with one attached hydrogen (secondary N) is 1. The third kappa shape index (κ3) is 4.23. The molecule has 1 aliphatic heterocycles. The average molecular weight is 330 g/mol. The molecule has 0 unspecified atom stereocenters. The molecule has 5 heteroatoms. The molecule has 1 fully saturated rings. The molecule has 1 saturated heterocycles. The highest BCUT2D eigenvalue weighted by Gasteiger charge is 2.14. The molecule has 1 aromatic heterocycles. The van der Waals surface area contributed by atoms with Crippen LogP contribution in [-0.2, 0) is 6.42 Å². The summed E-state index contributed by atoms with van der Waals surface area (Å²) in [4.78, 5) is 18.8. The smallest absolute Gasteiger partial charge is 0.252 e. The van der Waals surface area contributed by atoms with Gasteiger partial charge >= 0.3 is 0 Å². The van der Waals surface area contributed by atoms with E-state index in [0.29, 0.717) is 12.1 Å². The maximum absolute atomic E-state index is 12.3. The van der Waals surface area contributed by atoms with Gasteiger partial charge in [-0.1, -0.05) is 23.7 Å². The van der Waals surface area contributed by atoms with Crippen molar-refractivity contribution in [2.75, 3.05) is 24.5 Å². The van der Waals surface area contributed by atoms with E-state index in [1.165, 1.54) is 12.8 Å². The number of hydrogen-bond acceptors (Lipinski definition) is 3. The van der Waals surface area contributed by atoms with Crippen LogP contribution in [0, 0.1) is 0 Å². The lowest BCUT2D eigenvalue weighted by Crippen LogP contribution is -2.26. The molecular formula is C18H20ClN3O. The minimum absolute atomic E-state index is 0.0828. The Kier molecular flexibility index (Phi) is 5.13. The molecule has 0 aliphatic carbocycles. The zero-order valence-corrected chi connectivity index (χ0v) is 13.7. The van der Waals surface area contributed by atoms with E-state index in [0.717, 1.165) is 35.8 Å². The molecule has 0 bridgehead atoms. The van der Waals surface area contributed by atoms with Crippen molar-refractivity contribution in [3.8, 4) is 0 Å². The topological polar surface area (TPSA) is 45.2 Å². The van der Waals surface area contributed by atoms with E-state index in [-0.39, 0.29) is 5.91 Å². The number of pyridine rings is 1. The zero-order chi connectivity index (χ0) is 16.1. The van der Waals surface area contributed by atoms with Crippen molar-refractivity contribution in [1.29, 1.82) is 0 Å². The second kappa shape index (κ2) is 7.47. The van der Waals surface area contributed by atoms with E-state index < -0.39 is 0 Å². The van der Waals surface area contributed by atoms with Crippen molar-refractivity contribution < 1.29 is 4.79 Å². The van der Waals surface area contributed by atoms with Crippen LogP contribution in [0.15, 0.2) is 42.7 Å². The molecular weight excluding hydrogens is 310 g/mol. The Bertz CT molecular complexity index is 683. The maximum atomic E-state index is 12.3. The van der Waals surface area contributed by atoms with Gasteiger partial charge in [0.05, 0.1) is 17.4 Å². The zero-order valence-electron chi connectivity index (χ0n) is 13.0. The molecule has 3 rings (SSSR count). The van der Waals surface area contributed by atoms with Gasteiger partial charge in [0.25, 0.3) is 5.91 Å². The highest BCUT2D eigenvalue weighted by Crippen LogP contribution is 2.20. The molecule has 0 radical (unpaired) electrons. The number of carbonyl (C=O) groups is 1. The van der Waals surface area contributed by atoms with E-state index >= 15 is 0 Å². The van der Waals surface area contributed by atoms with Gasteiger partial charge in [-0.25, -0.2) is 0 Å². The highest BCUT2D eigenvalue weighted by molar-refractivity contribution is 6.30. The van der Waals surface area contributed by atoms with Gasteiger partial charge in [0.15, 0.2) is 0 Å². The molecule has 2 heterocycles. The number of halogens is 1. The van der Waals surface area contributed by atoms with Gasteiger partial charge in [-0.15, -0.1) is 0 Å². The Morgan fingerprint density at radius 1 is 1.22 bits per heavy atom. The predicted octanol–water partition coefficient (Wildman–Crippen LogP) is 3.31. The Balaban J connectivity index is 1.56. The molecule has 23 heavy (non-hydrogen) atoms. The largest absolute Gasteiger partial charge is 0.370 e. The fourth-order valence-corrected chi connectivity index (χ4v) is 3.03. The van der Waals surface area contributed by atoms with Gasteiger partial charge in [-0.3, -0.25) is 9.78 Å². The first-order chi connectivity index (χ1) is 11.2. The van der Waals surface area contributed by atoms with Crippen LogP contribution in [0.2, 0.25) is 5.02 Å².